The van der Waals surface area contributed by atoms with Gasteiger partial charge in [0.05, 0.1) is 20.1 Å². The van der Waals surface area contributed by atoms with Gasteiger partial charge in [-0.25, -0.2) is 0 Å². The summed E-state index contributed by atoms with van der Waals surface area (Å²) in [6, 6.07) is 0. The van der Waals surface area contributed by atoms with E-state index < -0.39 is 0 Å². The fourth-order valence-electron chi connectivity index (χ4n) is 1.34. The minimum atomic E-state index is -0.196. The molecule has 0 radical (unpaired) electrons. The van der Waals surface area contributed by atoms with E-state index in [1.807, 2.05) is 0 Å². The van der Waals surface area contributed by atoms with Crippen LogP contribution < -0.4 is 0 Å². The van der Waals surface area contributed by atoms with E-state index in [0.29, 0.717) is 13.0 Å². The van der Waals surface area contributed by atoms with Gasteiger partial charge in [-0.05, 0) is 6.42 Å². The highest BCUT2D eigenvalue weighted by molar-refractivity contribution is 5.69. The van der Waals surface area contributed by atoms with E-state index in [-0.39, 0.29) is 5.97 Å². The third-order valence-corrected chi connectivity index (χ3v) is 2.32. The van der Waals surface area contributed by atoms with Crippen LogP contribution in [-0.2, 0) is 14.3 Å². The Labute approximate surface area is 93.1 Å². The Hall–Kier alpha value is -0.570. The van der Waals surface area contributed by atoms with E-state index in [9.17, 15) is 4.79 Å². The van der Waals surface area contributed by atoms with E-state index >= 15 is 0 Å². The molecule has 0 N–H and O–H groups in total. The maximum absolute atomic E-state index is 10.7. The van der Waals surface area contributed by atoms with Crippen LogP contribution in [0.4, 0.5) is 0 Å². The minimum absolute atomic E-state index is 0.196. The van der Waals surface area contributed by atoms with Crippen molar-refractivity contribution in [3.63, 3.8) is 0 Å². The van der Waals surface area contributed by atoms with Gasteiger partial charge in [-0.2, -0.15) is 0 Å². The second kappa shape index (κ2) is 11.5. The van der Waals surface area contributed by atoms with Crippen LogP contribution >= 0.6 is 0 Å². The quantitative estimate of drug-likeness (QED) is 0.416. The van der Waals surface area contributed by atoms with Crippen LogP contribution in [0.1, 0.15) is 51.9 Å². The number of ether oxygens (including phenoxy) is 2. The Morgan fingerprint density at radius 3 is 2.33 bits per heavy atom. The van der Waals surface area contributed by atoms with E-state index in [2.05, 4.69) is 11.7 Å². The molecule has 0 unspecified atom stereocenters. The predicted octanol–water partition coefficient (Wildman–Crippen LogP) is 2.93. The first kappa shape index (κ1) is 14.4. The van der Waals surface area contributed by atoms with Crippen molar-refractivity contribution >= 4 is 5.97 Å². The van der Waals surface area contributed by atoms with E-state index in [1.165, 1.54) is 39.2 Å². The summed E-state index contributed by atoms with van der Waals surface area (Å²) in [6.07, 6.45) is 7.96. The first-order valence-electron chi connectivity index (χ1n) is 5.95. The summed E-state index contributed by atoms with van der Waals surface area (Å²) in [5.74, 6) is -0.196. The normalized spacial score (nSPS) is 10.3. The Balaban J connectivity index is 2.95. The molecule has 0 spiro atoms. The molecule has 0 bridgehead atoms. The van der Waals surface area contributed by atoms with Gasteiger partial charge in [0.25, 0.3) is 0 Å². The number of unbranched alkanes of at least 4 members (excludes halogenated alkanes) is 5. The second-order valence-electron chi connectivity index (χ2n) is 3.71. The summed E-state index contributed by atoms with van der Waals surface area (Å²) < 4.78 is 9.82. The van der Waals surface area contributed by atoms with Gasteiger partial charge >= 0.3 is 5.97 Å². The van der Waals surface area contributed by atoms with Crippen LogP contribution in [-0.4, -0.2) is 26.3 Å². The first-order chi connectivity index (χ1) is 7.31. The van der Waals surface area contributed by atoms with Crippen molar-refractivity contribution in [3.05, 3.63) is 0 Å². The third kappa shape index (κ3) is 11.4. The molecule has 0 aliphatic heterocycles. The zero-order chi connectivity index (χ0) is 11.4. The molecule has 0 aliphatic carbocycles. The first-order valence-corrected chi connectivity index (χ1v) is 5.95. The molecule has 0 saturated carbocycles. The summed E-state index contributed by atoms with van der Waals surface area (Å²) in [5.41, 5.74) is 0. The lowest BCUT2D eigenvalue weighted by atomic mass is 10.1. The zero-order valence-electron chi connectivity index (χ0n) is 10.1. The summed E-state index contributed by atoms with van der Waals surface area (Å²) in [7, 11) is 1.40. The molecular formula is C12H24O3. The van der Waals surface area contributed by atoms with Gasteiger partial charge in [0.15, 0.2) is 0 Å². The van der Waals surface area contributed by atoms with Gasteiger partial charge < -0.3 is 9.47 Å². The number of hydrogen-bond acceptors (Lipinski definition) is 3. The van der Waals surface area contributed by atoms with Crippen molar-refractivity contribution in [2.75, 3.05) is 20.3 Å². The number of methoxy groups -OCH3 is 1. The van der Waals surface area contributed by atoms with Crippen LogP contribution in [0.5, 0.6) is 0 Å². The zero-order valence-corrected chi connectivity index (χ0v) is 10.1. The summed E-state index contributed by atoms with van der Waals surface area (Å²) in [5, 5.41) is 0. The lowest BCUT2D eigenvalue weighted by Crippen LogP contribution is -2.06. The van der Waals surface area contributed by atoms with Crippen LogP contribution in [0.2, 0.25) is 0 Å². The van der Waals surface area contributed by atoms with Gasteiger partial charge in [0.1, 0.15) is 0 Å². The van der Waals surface area contributed by atoms with Gasteiger partial charge in [-0.3, -0.25) is 4.79 Å². The molecule has 90 valence electrons. The molecule has 0 atom stereocenters. The summed E-state index contributed by atoms with van der Waals surface area (Å²) in [4.78, 5) is 10.7. The van der Waals surface area contributed by atoms with Crippen molar-refractivity contribution in [2.45, 2.75) is 51.9 Å². The van der Waals surface area contributed by atoms with Crippen molar-refractivity contribution < 1.29 is 14.3 Å². The molecule has 3 nitrogen and oxygen atoms in total. The average molecular weight is 216 g/mol. The smallest absolute Gasteiger partial charge is 0.307 e. The lowest BCUT2D eigenvalue weighted by Gasteiger charge is -2.03. The highest BCUT2D eigenvalue weighted by Crippen LogP contribution is 2.04. The molecule has 0 saturated heterocycles. The molecular weight excluding hydrogens is 192 g/mol. The Morgan fingerprint density at radius 1 is 1.00 bits per heavy atom. The minimum Gasteiger partial charge on any atom is -0.469 e. The molecule has 15 heavy (non-hydrogen) atoms. The monoisotopic (exact) mass is 216 g/mol. The molecule has 3 heteroatoms. The maximum Gasteiger partial charge on any atom is 0.307 e. The summed E-state index contributed by atoms with van der Waals surface area (Å²) in [6.45, 7) is 3.47. The van der Waals surface area contributed by atoms with Crippen LogP contribution in [0.15, 0.2) is 0 Å². The van der Waals surface area contributed by atoms with Crippen molar-refractivity contribution in [1.29, 1.82) is 0 Å². The molecule has 0 aromatic heterocycles. The van der Waals surface area contributed by atoms with E-state index in [0.717, 1.165) is 13.0 Å². The average Bonchev–Trinajstić information content (AvgIpc) is 2.26. The standard InChI is InChI=1S/C12H24O3/c1-3-4-5-6-7-8-10-15-11-9-12(13)14-2/h3-11H2,1-2H3. The molecule has 0 amide bonds. The van der Waals surface area contributed by atoms with Gasteiger partial charge in [0.2, 0.25) is 0 Å². The Morgan fingerprint density at radius 2 is 1.67 bits per heavy atom. The number of carbonyl (C=O) groups excluding carboxylic acids is 1. The molecule has 0 heterocycles. The van der Waals surface area contributed by atoms with Crippen molar-refractivity contribution in [2.24, 2.45) is 0 Å². The predicted molar refractivity (Wildman–Crippen MR) is 60.8 cm³/mol. The van der Waals surface area contributed by atoms with Gasteiger partial charge in [-0.1, -0.05) is 39.0 Å². The van der Waals surface area contributed by atoms with E-state index in [4.69, 9.17) is 4.74 Å². The lowest BCUT2D eigenvalue weighted by molar-refractivity contribution is -0.141. The fraction of sp³-hybridized carbons (Fsp3) is 0.917. The molecule has 0 aromatic rings. The second-order valence-corrected chi connectivity index (χ2v) is 3.71. The highest BCUT2D eigenvalue weighted by atomic mass is 16.5. The number of rotatable bonds is 10. The van der Waals surface area contributed by atoms with E-state index in [1.54, 1.807) is 0 Å². The van der Waals surface area contributed by atoms with Crippen molar-refractivity contribution in [3.8, 4) is 0 Å². The molecule has 0 aromatic carbocycles. The maximum atomic E-state index is 10.7. The molecule has 0 aliphatic rings. The molecule has 0 fully saturated rings. The Kier molecular flexibility index (Phi) is 11.1. The molecule has 0 rings (SSSR count). The largest absolute Gasteiger partial charge is 0.469 e. The number of esters is 1. The topological polar surface area (TPSA) is 35.5 Å². The fourth-order valence-corrected chi connectivity index (χ4v) is 1.34. The number of carbonyl (C=O) groups is 1. The van der Waals surface area contributed by atoms with Crippen LogP contribution in [0.25, 0.3) is 0 Å². The SMILES string of the molecule is CCCCCCCCOCCC(=O)OC. The third-order valence-electron chi connectivity index (χ3n) is 2.32. The summed E-state index contributed by atoms with van der Waals surface area (Å²) >= 11 is 0. The Bertz CT molecular complexity index is 146. The van der Waals surface area contributed by atoms with Crippen LogP contribution in [0, 0.1) is 0 Å². The van der Waals surface area contributed by atoms with Crippen LogP contribution in [0.3, 0.4) is 0 Å². The van der Waals surface area contributed by atoms with Gasteiger partial charge in [-0.15, -0.1) is 0 Å². The van der Waals surface area contributed by atoms with Gasteiger partial charge in [0, 0.05) is 6.61 Å². The highest BCUT2D eigenvalue weighted by Gasteiger charge is 1.98. The number of hydrogen-bond donors (Lipinski definition) is 0. The van der Waals surface area contributed by atoms with Crippen molar-refractivity contribution in [1.82, 2.24) is 0 Å².